The first-order chi connectivity index (χ1) is 7.31. The van der Waals surface area contributed by atoms with Gasteiger partial charge in [-0.25, -0.2) is 9.67 Å². The molecule has 0 radical (unpaired) electrons. The molecular formula is C10H12N4O. The number of benzene rings is 1. The first-order valence-corrected chi connectivity index (χ1v) is 4.68. The monoisotopic (exact) mass is 204 g/mol. The third-order valence-corrected chi connectivity index (χ3v) is 1.98. The highest BCUT2D eigenvalue weighted by Crippen LogP contribution is 2.24. The summed E-state index contributed by atoms with van der Waals surface area (Å²) in [5.41, 5.74) is 7.26. The molecular weight excluding hydrogens is 192 g/mol. The van der Waals surface area contributed by atoms with E-state index >= 15 is 0 Å². The van der Waals surface area contributed by atoms with E-state index in [-0.39, 0.29) is 0 Å². The largest absolute Gasteiger partial charge is 0.492 e. The van der Waals surface area contributed by atoms with E-state index in [1.807, 2.05) is 19.1 Å². The summed E-state index contributed by atoms with van der Waals surface area (Å²) in [6, 6.07) is 5.50. The van der Waals surface area contributed by atoms with Gasteiger partial charge in [-0.2, -0.15) is 5.10 Å². The number of nitrogens with zero attached hydrogens (tertiary/aromatic N) is 3. The fourth-order valence-electron chi connectivity index (χ4n) is 1.29. The van der Waals surface area contributed by atoms with E-state index in [0.717, 1.165) is 5.69 Å². The molecule has 1 aromatic heterocycles. The molecule has 1 aromatic carbocycles. The average molecular weight is 204 g/mol. The van der Waals surface area contributed by atoms with Gasteiger partial charge in [-0.1, -0.05) is 0 Å². The first-order valence-electron chi connectivity index (χ1n) is 4.68. The third kappa shape index (κ3) is 1.90. The lowest BCUT2D eigenvalue weighted by atomic mass is 10.2. The molecule has 0 amide bonds. The SMILES string of the molecule is CCOc1cc(-n2cncn2)ccc1N. The molecule has 0 atom stereocenters. The number of nitrogen functional groups attached to an aromatic ring is 1. The standard InChI is InChI=1S/C10H12N4O/c1-2-15-10-5-8(3-4-9(10)11)14-7-12-6-13-14/h3-7H,2,11H2,1H3. The zero-order valence-electron chi connectivity index (χ0n) is 8.42. The van der Waals surface area contributed by atoms with Crippen LogP contribution in [0.4, 0.5) is 5.69 Å². The molecule has 2 rings (SSSR count). The van der Waals surface area contributed by atoms with Gasteiger partial charge in [-0.15, -0.1) is 0 Å². The van der Waals surface area contributed by atoms with Crippen LogP contribution < -0.4 is 10.5 Å². The molecule has 0 aliphatic heterocycles. The summed E-state index contributed by atoms with van der Waals surface area (Å²) >= 11 is 0. The fraction of sp³-hybridized carbons (Fsp3) is 0.200. The van der Waals surface area contributed by atoms with Gasteiger partial charge in [-0.3, -0.25) is 0 Å². The summed E-state index contributed by atoms with van der Waals surface area (Å²) in [5.74, 6) is 0.672. The molecule has 0 saturated carbocycles. The number of hydrogen-bond acceptors (Lipinski definition) is 4. The molecule has 0 aliphatic rings. The van der Waals surface area contributed by atoms with Crippen LogP contribution in [-0.2, 0) is 0 Å². The normalized spacial score (nSPS) is 10.2. The summed E-state index contributed by atoms with van der Waals surface area (Å²) < 4.78 is 7.04. The van der Waals surface area contributed by atoms with Gasteiger partial charge in [-0.05, 0) is 19.1 Å². The van der Waals surface area contributed by atoms with Crippen molar-refractivity contribution in [2.75, 3.05) is 12.3 Å². The molecule has 5 heteroatoms. The van der Waals surface area contributed by atoms with Gasteiger partial charge in [0, 0.05) is 6.07 Å². The molecule has 0 fully saturated rings. The van der Waals surface area contributed by atoms with E-state index in [1.54, 1.807) is 17.1 Å². The van der Waals surface area contributed by atoms with Crippen molar-refractivity contribution in [1.82, 2.24) is 14.8 Å². The maximum Gasteiger partial charge on any atom is 0.144 e. The lowest BCUT2D eigenvalue weighted by Crippen LogP contribution is -2.00. The van der Waals surface area contributed by atoms with Crippen molar-refractivity contribution >= 4 is 5.69 Å². The Bertz CT molecular complexity index is 439. The van der Waals surface area contributed by atoms with E-state index in [1.165, 1.54) is 6.33 Å². The predicted octanol–water partition coefficient (Wildman–Crippen LogP) is 1.25. The zero-order chi connectivity index (χ0) is 10.7. The first kappa shape index (κ1) is 9.51. The minimum absolute atomic E-state index is 0.588. The van der Waals surface area contributed by atoms with Gasteiger partial charge in [0.1, 0.15) is 18.4 Å². The fourth-order valence-corrected chi connectivity index (χ4v) is 1.29. The zero-order valence-corrected chi connectivity index (χ0v) is 8.42. The van der Waals surface area contributed by atoms with Crippen molar-refractivity contribution in [2.45, 2.75) is 6.92 Å². The highest BCUT2D eigenvalue weighted by atomic mass is 16.5. The quantitative estimate of drug-likeness (QED) is 0.764. The predicted molar refractivity (Wildman–Crippen MR) is 56.9 cm³/mol. The summed E-state index contributed by atoms with van der Waals surface area (Å²) in [4.78, 5) is 3.88. The molecule has 0 spiro atoms. The number of rotatable bonds is 3. The minimum atomic E-state index is 0.588. The second kappa shape index (κ2) is 4.00. The van der Waals surface area contributed by atoms with E-state index in [4.69, 9.17) is 10.5 Å². The van der Waals surface area contributed by atoms with Crippen molar-refractivity contribution in [1.29, 1.82) is 0 Å². The van der Waals surface area contributed by atoms with Crippen molar-refractivity contribution in [2.24, 2.45) is 0 Å². The van der Waals surface area contributed by atoms with Crippen molar-refractivity contribution in [3.05, 3.63) is 30.9 Å². The van der Waals surface area contributed by atoms with Crippen LogP contribution in [0.2, 0.25) is 0 Å². The average Bonchev–Trinajstić information content (AvgIpc) is 2.75. The van der Waals surface area contributed by atoms with E-state index in [2.05, 4.69) is 10.1 Å². The number of aromatic nitrogens is 3. The second-order valence-corrected chi connectivity index (χ2v) is 3.00. The lowest BCUT2D eigenvalue weighted by molar-refractivity contribution is 0.342. The van der Waals surface area contributed by atoms with Crippen LogP contribution in [0.3, 0.4) is 0 Å². The molecule has 2 aromatic rings. The topological polar surface area (TPSA) is 66.0 Å². The Labute approximate surface area is 87.5 Å². The van der Waals surface area contributed by atoms with Crippen molar-refractivity contribution in [3.63, 3.8) is 0 Å². The smallest absolute Gasteiger partial charge is 0.144 e. The number of anilines is 1. The van der Waals surface area contributed by atoms with Gasteiger partial charge >= 0.3 is 0 Å². The van der Waals surface area contributed by atoms with Crippen LogP contribution in [-0.4, -0.2) is 21.4 Å². The summed E-state index contributed by atoms with van der Waals surface area (Å²) in [5, 5.41) is 4.03. The molecule has 5 nitrogen and oxygen atoms in total. The van der Waals surface area contributed by atoms with Gasteiger partial charge in [0.25, 0.3) is 0 Å². The Kier molecular flexibility index (Phi) is 2.53. The Morgan fingerprint density at radius 3 is 3.00 bits per heavy atom. The van der Waals surface area contributed by atoms with Gasteiger partial charge in [0.15, 0.2) is 0 Å². The van der Waals surface area contributed by atoms with Crippen molar-refractivity contribution in [3.8, 4) is 11.4 Å². The van der Waals surface area contributed by atoms with Gasteiger partial charge < -0.3 is 10.5 Å². The Morgan fingerprint density at radius 1 is 1.47 bits per heavy atom. The van der Waals surface area contributed by atoms with Crippen LogP contribution in [0.5, 0.6) is 5.75 Å². The summed E-state index contributed by atoms with van der Waals surface area (Å²) in [6.07, 6.45) is 3.11. The second-order valence-electron chi connectivity index (χ2n) is 3.00. The Morgan fingerprint density at radius 2 is 2.33 bits per heavy atom. The molecule has 0 saturated heterocycles. The van der Waals surface area contributed by atoms with Crippen LogP contribution in [0.1, 0.15) is 6.92 Å². The maximum absolute atomic E-state index is 5.76. The molecule has 78 valence electrons. The van der Waals surface area contributed by atoms with Crippen molar-refractivity contribution < 1.29 is 4.74 Å². The number of ether oxygens (including phenoxy) is 1. The van der Waals surface area contributed by atoms with E-state index < -0.39 is 0 Å². The summed E-state index contributed by atoms with van der Waals surface area (Å²) in [7, 11) is 0. The highest BCUT2D eigenvalue weighted by Gasteiger charge is 2.03. The molecule has 0 unspecified atom stereocenters. The lowest BCUT2D eigenvalue weighted by Gasteiger charge is -2.08. The van der Waals surface area contributed by atoms with E-state index in [0.29, 0.717) is 18.0 Å². The number of hydrogen-bond donors (Lipinski definition) is 1. The number of nitrogens with two attached hydrogens (primary N) is 1. The third-order valence-electron chi connectivity index (χ3n) is 1.98. The van der Waals surface area contributed by atoms with Gasteiger partial charge in [0.2, 0.25) is 0 Å². The molecule has 0 bridgehead atoms. The van der Waals surface area contributed by atoms with Crippen LogP contribution in [0.25, 0.3) is 5.69 Å². The minimum Gasteiger partial charge on any atom is -0.492 e. The van der Waals surface area contributed by atoms with Crippen LogP contribution in [0.15, 0.2) is 30.9 Å². The summed E-state index contributed by atoms with van der Waals surface area (Å²) in [6.45, 7) is 2.51. The Hall–Kier alpha value is -2.04. The van der Waals surface area contributed by atoms with Crippen LogP contribution >= 0.6 is 0 Å². The van der Waals surface area contributed by atoms with Crippen LogP contribution in [0, 0.1) is 0 Å². The van der Waals surface area contributed by atoms with E-state index in [9.17, 15) is 0 Å². The molecule has 1 heterocycles. The molecule has 2 N–H and O–H groups in total. The molecule has 0 aliphatic carbocycles. The highest BCUT2D eigenvalue weighted by molar-refractivity contribution is 5.57. The van der Waals surface area contributed by atoms with Gasteiger partial charge in [0.05, 0.1) is 18.0 Å². The molecule has 15 heavy (non-hydrogen) atoms. The maximum atomic E-state index is 5.76. The Balaban J connectivity index is 2.38.